The summed E-state index contributed by atoms with van der Waals surface area (Å²) in [6.07, 6.45) is 3.96. The van der Waals surface area contributed by atoms with E-state index in [1.165, 1.54) is 5.56 Å². The molecule has 0 amide bonds. The van der Waals surface area contributed by atoms with E-state index in [0.717, 1.165) is 38.2 Å². The molecule has 0 aliphatic heterocycles. The van der Waals surface area contributed by atoms with Gasteiger partial charge in [0.05, 0.1) is 21.8 Å². The Morgan fingerprint density at radius 2 is 1.70 bits per heavy atom. The van der Waals surface area contributed by atoms with Gasteiger partial charge < -0.3 is 10.5 Å². The maximum atomic E-state index is 6.11. The van der Waals surface area contributed by atoms with Gasteiger partial charge >= 0.3 is 0 Å². The lowest BCUT2D eigenvalue weighted by Gasteiger charge is -2.11. The van der Waals surface area contributed by atoms with Crippen molar-refractivity contribution in [1.82, 2.24) is 25.1 Å². The smallest absolute Gasteiger partial charge is 0.228 e. The van der Waals surface area contributed by atoms with Crippen LogP contribution in [0.1, 0.15) is 16.8 Å². The Balaban J connectivity index is 1.26. The largest absolute Gasteiger partial charge is 0.438 e. The number of aromatic nitrogens is 5. The highest BCUT2D eigenvalue weighted by molar-refractivity contribution is 7.13. The highest BCUT2D eigenvalue weighted by Crippen LogP contribution is 2.33. The highest BCUT2D eigenvalue weighted by Gasteiger charge is 2.14. The third-order valence-electron chi connectivity index (χ3n) is 5.96. The lowest BCUT2D eigenvalue weighted by atomic mass is 10.0. The van der Waals surface area contributed by atoms with Crippen LogP contribution in [0.3, 0.4) is 0 Å². The number of hydrogen-bond donors (Lipinski definition) is 1. The van der Waals surface area contributed by atoms with Crippen LogP contribution in [0.2, 0.25) is 0 Å². The third kappa shape index (κ3) is 4.74. The van der Waals surface area contributed by atoms with Crippen molar-refractivity contribution in [2.45, 2.75) is 13.3 Å². The molecule has 0 aliphatic carbocycles. The third-order valence-corrected chi connectivity index (χ3v) is 7.01. The van der Waals surface area contributed by atoms with E-state index in [9.17, 15) is 0 Å². The first kappa shape index (κ1) is 22.8. The average Bonchev–Trinajstić information content (AvgIpc) is 3.36. The van der Waals surface area contributed by atoms with Crippen LogP contribution in [0.5, 0.6) is 11.6 Å². The molecule has 4 heterocycles. The molecule has 0 bridgehead atoms. The molecule has 4 aromatic heterocycles. The van der Waals surface area contributed by atoms with E-state index >= 15 is 0 Å². The molecule has 180 valence electrons. The van der Waals surface area contributed by atoms with Crippen molar-refractivity contribution in [3.63, 3.8) is 0 Å². The summed E-state index contributed by atoms with van der Waals surface area (Å²) in [6, 6.07) is 23.9. The summed E-state index contributed by atoms with van der Waals surface area (Å²) in [6.45, 7) is 2.10. The molecule has 0 atom stereocenters. The monoisotopic (exact) mass is 502 g/mol. The second-order valence-electron chi connectivity index (χ2n) is 8.61. The fraction of sp³-hybridized carbons (Fsp3) is 0.0690. The van der Waals surface area contributed by atoms with Gasteiger partial charge in [0.1, 0.15) is 11.4 Å². The van der Waals surface area contributed by atoms with Gasteiger partial charge in [-0.3, -0.25) is 0 Å². The van der Waals surface area contributed by atoms with Crippen LogP contribution in [-0.4, -0.2) is 25.1 Å². The van der Waals surface area contributed by atoms with E-state index in [1.807, 2.05) is 48.5 Å². The molecule has 0 radical (unpaired) electrons. The van der Waals surface area contributed by atoms with E-state index in [4.69, 9.17) is 10.5 Å². The summed E-state index contributed by atoms with van der Waals surface area (Å²) < 4.78 is 6.11. The Hall–Kier alpha value is -4.69. The zero-order chi connectivity index (χ0) is 25.2. The van der Waals surface area contributed by atoms with E-state index in [-0.39, 0.29) is 5.95 Å². The van der Waals surface area contributed by atoms with Crippen molar-refractivity contribution in [1.29, 1.82) is 0 Å². The van der Waals surface area contributed by atoms with Gasteiger partial charge in [-0.05, 0) is 59.8 Å². The van der Waals surface area contributed by atoms with Gasteiger partial charge in [-0.15, -0.1) is 16.4 Å². The van der Waals surface area contributed by atoms with Gasteiger partial charge in [0.15, 0.2) is 0 Å². The van der Waals surface area contributed by atoms with Crippen molar-refractivity contribution in [2.75, 3.05) is 5.73 Å². The van der Waals surface area contributed by atoms with Gasteiger partial charge in [0.25, 0.3) is 0 Å². The number of nitrogens with zero attached hydrogens (tertiary/aromatic N) is 5. The van der Waals surface area contributed by atoms with Gasteiger partial charge in [-0.2, -0.15) is 5.10 Å². The molecule has 6 rings (SSSR count). The van der Waals surface area contributed by atoms with Gasteiger partial charge in [-0.1, -0.05) is 36.4 Å². The van der Waals surface area contributed by atoms with Crippen LogP contribution in [-0.2, 0) is 6.42 Å². The summed E-state index contributed by atoms with van der Waals surface area (Å²) in [5, 5.41) is 13.6. The number of nitrogens with two attached hydrogens (primary N) is 1. The first-order valence-electron chi connectivity index (χ1n) is 11.7. The molecule has 2 N–H and O–H groups in total. The maximum Gasteiger partial charge on any atom is 0.228 e. The molecule has 0 fully saturated rings. The van der Waals surface area contributed by atoms with E-state index in [2.05, 4.69) is 55.7 Å². The summed E-state index contributed by atoms with van der Waals surface area (Å²) in [5.41, 5.74) is 11.4. The lowest BCUT2D eigenvalue weighted by molar-refractivity contribution is 0.464. The number of nitrogen functional groups attached to an aromatic ring is 1. The standard InChI is InChI=1S/C29H22N6OS/c1-18-15-26(37-17-18)27-22-6-3-2-5-21(22)25(34-35-27)16-19-8-10-20(11-9-19)36-28-23(7-4-13-31-28)24-12-14-32-29(30)33-24/h2-15,17H,16H2,1H3,(H2,30,32,33). The molecule has 2 aromatic carbocycles. The quantitative estimate of drug-likeness (QED) is 0.278. The first-order chi connectivity index (χ1) is 18.1. The minimum Gasteiger partial charge on any atom is -0.438 e. The molecule has 8 heteroatoms. The van der Waals surface area contributed by atoms with Crippen LogP contribution in [0.25, 0.3) is 32.6 Å². The molecule has 0 aliphatic rings. The molecule has 0 saturated carbocycles. The predicted octanol–water partition coefficient (Wildman–Crippen LogP) is 6.48. The van der Waals surface area contributed by atoms with Crippen molar-refractivity contribution in [2.24, 2.45) is 0 Å². The van der Waals surface area contributed by atoms with E-state index < -0.39 is 0 Å². The maximum absolute atomic E-state index is 6.11. The zero-order valence-electron chi connectivity index (χ0n) is 20.0. The molecular formula is C29H22N6OS. The molecule has 0 saturated heterocycles. The summed E-state index contributed by atoms with van der Waals surface area (Å²) in [7, 11) is 0. The second-order valence-corrected chi connectivity index (χ2v) is 9.52. The second kappa shape index (κ2) is 9.75. The molecule has 6 aromatic rings. The van der Waals surface area contributed by atoms with Crippen molar-refractivity contribution in [3.05, 3.63) is 107 Å². The number of aryl methyl sites for hydroxylation is 1. The number of fused-ring (bicyclic) bond motifs is 1. The van der Waals surface area contributed by atoms with Crippen LogP contribution in [0.4, 0.5) is 5.95 Å². The predicted molar refractivity (Wildman–Crippen MR) is 147 cm³/mol. The highest BCUT2D eigenvalue weighted by atomic mass is 32.1. The lowest BCUT2D eigenvalue weighted by Crippen LogP contribution is -1.99. The fourth-order valence-electron chi connectivity index (χ4n) is 4.20. The molecule has 7 nitrogen and oxygen atoms in total. The van der Waals surface area contributed by atoms with E-state index in [1.54, 1.807) is 29.8 Å². The number of pyridine rings is 1. The summed E-state index contributed by atoms with van der Waals surface area (Å²) >= 11 is 1.69. The number of benzene rings is 2. The summed E-state index contributed by atoms with van der Waals surface area (Å²) in [4.78, 5) is 13.8. The number of anilines is 1. The Morgan fingerprint density at radius 1 is 0.865 bits per heavy atom. The SMILES string of the molecule is Cc1csc(-c2nnc(Cc3ccc(Oc4ncccc4-c4ccnc(N)n4)cc3)c3ccccc23)c1. The normalized spacial score (nSPS) is 11.1. The minimum absolute atomic E-state index is 0.200. The number of thiophene rings is 1. The summed E-state index contributed by atoms with van der Waals surface area (Å²) in [5.74, 6) is 1.32. The minimum atomic E-state index is 0.200. The molecule has 37 heavy (non-hydrogen) atoms. The van der Waals surface area contributed by atoms with Crippen LogP contribution >= 0.6 is 11.3 Å². The van der Waals surface area contributed by atoms with Gasteiger partial charge in [0, 0.05) is 29.6 Å². The number of rotatable bonds is 6. The van der Waals surface area contributed by atoms with Crippen LogP contribution in [0.15, 0.2) is 90.6 Å². The Labute approximate surface area is 217 Å². The van der Waals surface area contributed by atoms with Gasteiger partial charge in [0.2, 0.25) is 11.8 Å². The first-order valence-corrected chi connectivity index (χ1v) is 12.6. The fourth-order valence-corrected chi connectivity index (χ4v) is 5.10. The molecular weight excluding hydrogens is 480 g/mol. The van der Waals surface area contributed by atoms with Crippen molar-refractivity contribution >= 4 is 28.1 Å². The Morgan fingerprint density at radius 3 is 2.49 bits per heavy atom. The zero-order valence-corrected chi connectivity index (χ0v) is 20.8. The number of ether oxygens (including phenoxy) is 1. The van der Waals surface area contributed by atoms with Crippen molar-refractivity contribution < 1.29 is 4.74 Å². The van der Waals surface area contributed by atoms with Gasteiger partial charge in [-0.25, -0.2) is 15.0 Å². The Bertz CT molecular complexity index is 1710. The number of hydrogen-bond acceptors (Lipinski definition) is 8. The van der Waals surface area contributed by atoms with Crippen molar-refractivity contribution in [3.8, 4) is 33.5 Å². The van der Waals surface area contributed by atoms with Crippen LogP contribution in [0, 0.1) is 6.92 Å². The molecule has 0 spiro atoms. The topological polar surface area (TPSA) is 99.7 Å². The average molecular weight is 503 g/mol. The van der Waals surface area contributed by atoms with E-state index in [0.29, 0.717) is 23.7 Å². The van der Waals surface area contributed by atoms with Crippen LogP contribution < -0.4 is 10.5 Å². The Kier molecular flexibility index (Phi) is 6.00. The molecule has 0 unspecified atom stereocenters.